The quantitative estimate of drug-likeness (QED) is 0.649. The van der Waals surface area contributed by atoms with Gasteiger partial charge in [0.25, 0.3) is 0 Å². The monoisotopic (exact) mass is 170 g/mol. The van der Waals surface area contributed by atoms with Gasteiger partial charge in [-0.3, -0.25) is 0 Å². The third kappa shape index (κ3) is 2.01. The van der Waals surface area contributed by atoms with E-state index in [4.69, 9.17) is 0 Å². The molecule has 0 amide bonds. The second kappa shape index (κ2) is 4.27. The Labute approximate surface area is 76.2 Å². The van der Waals surface area contributed by atoms with Gasteiger partial charge < -0.3 is 5.11 Å². The van der Waals surface area contributed by atoms with Crippen LogP contribution in [0.3, 0.4) is 0 Å². The van der Waals surface area contributed by atoms with Crippen LogP contribution in [0.25, 0.3) is 0 Å². The zero-order valence-corrected chi connectivity index (χ0v) is 8.47. The van der Waals surface area contributed by atoms with Gasteiger partial charge in [-0.25, -0.2) is 0 Å². The molecule has 1 rings (SSSR count). The van der Waals surface area contributed by atoms with E-state index in [-0.39, 0.29) is 0 Å². The molecule has 1 aliphatic carbocycles. The maximum absolute atomic E-state index is 9.28. The van der Waals surface area contributed by atoms with Gasteiger partial charge in [-0.2, -0.15) is 0 Å². The van der Waals surface area contributed by atoms with Gasteiger partial charge in [0, 0.05) is 6.61 Å². The van der Waals surface area contributed by atoms with E-state index in [1.54, 1.807) is 0 Å². The molecule has 1 N–H and O–H groups in total. The van der Waals surface area contributed by atoms with Gasteiger partial charge in [0.1, 0.15) is 0 Å². The van der Waals surface area contributed by atoms with Crippen LogP contribution in [-0.2, 0) is 0 Å². The fourth-order valence-corrected chi connectivity index (χ4v) is 2.31. The van der Waals surface area contributed by atoms with Gasteiger partial charge in [0.15, 0.2) is 0 Å². The van der Waals surface area contributed by atoms with E-state index in [0.717, 1.165) is 5.92 Å². The molecule has 0 aromatic carbocycles. The number of rotatable bonds is 6. The number of hydrogen-bond acceptors (Lipinski definition) is 1. The van der Waals surface area contributed by atoms with E-state index in [1.165, 1.54) is 38.5 Å². The summed E-state index contributed by atoms with van der Waals surface area (Å²) >= 11 is 0. The third-order valence-corrected chi connectivity index (χ3v) is 3.35. The molecule has 72 valence electrons. The molecule has 1 aliphatic rings. The van der Waals surface area contributed by atoms with E-state index in [1.807, 2.05) is 0 Å². The van der Waals surface area contributed by atoms with Gasteiger partial charge >= 0.3 is 0 Å². The second-order valence-corrected chi connectivity index (χ2v) is 4.29. The average molecular weight is 170 g/mol. The fraction of sp³-hybridized carbons (Fsp3) is 1.00. The summed E-state index contributed by atoms with van der Waals surface area (Å²) in [5.74, 6) is 0.803. The fourth-order valence-electron chi connectivity index (χ4n) is 2.31. The normalized spacial score (nSPS) is 20.0. The molecule has 0 bridgehead atoms. The first-order valence-corrected chi connectivity index (χ1v) is 5.40. The molecule has 12 heavy (non-hydrogen) atoms. The largest absolute Gasteiger partial charge is 0.396 e. The molecule has 0 heterocycles. The van der Waals surface area contributed by atoms with E-state index in [9.17, 15) is 5.11 Å². The Hall–Kier alpha value is -0.0400. The second-order valence-electron chi connectivity index (χ2n) is 4.29. The van der Waals surface area contributed by atoms with Crippen LogP contribution in [0.2, 0.25) is 0 Å². The minimum atomic E-state index is 0.367. The Kier molecular flexibility index (Phi) is 3.57. The Bertz CT molecular complexity index is 121. The first kappa shape index (κ1) is 10.0. The molecule has 0 aromatic heterocycles. The van der Waals surface area contributed by atoms with Crippen molar-refractivity contribution in [3.05, 3.63) is 0 Å². The van der Waals surface area contributed by atoms with Crippen LogP contribution < -0.4 is 0 Å². The van der Waals surface area contributed by atoms with Crippen molar-refractivity contribution in [2.45, 2.75) is 52.4 Å². The molecule has 1 heteroatoms. The van der Waals surface area contributed by atoms with Crippen molar-refractivity contribution in [2.75, 3.05) is 6.61 Å². The van der Waals surface area contributed by atoms with Crippen molar-refractivity contribution >= 4 is 0 Å². The summed E-state index contributed by atoms with van der Waals surface area (Å²) in [6.07, 6.45) is 7.71. The van der Waals surface area contributed by atoms with Gasteiger partial charge in [-0.15, -0.1) is 0 Å². The molecular weight excluding hydrogens is 148 g/mol. The molecule has 1 saturated carbocycles. The van der Waals surface area contributed by atoms with Crippen LogP contribution in [0, 0.1) is 11.3 Å². The van der Waals surface area contributed by atoms with Crippen LogP contribution in [0.1, 0.15) is 52.4 Å². The van der Waals surface area contributed by atoms with Crippen molar-refractivity contribution in [3.63, 3.8) is 0 Å². The van der Waals surface area contributed by atoms with Crippen LogP contribution in [0.15, 0.2) is 0 Å². The summed E-state index contributed by atoms with van der Waals surface area (Å²) in [5, 5.41) is 9.28. The predicted octanol–water partition coefficient (Wildman–Crippen LogP) is 2.98. The lowest BCUT2D eigenvalue weighted by molar-refractivity contribution is 0.142. The zero-order valence-electron chi connectivity index (χ0n) is 8.47. The molecule has 0 radical (unpaired) electrons. The molecular formula is C11H22O. The molecule has 0 saturated heterocycles. The Balaban J connectivity index is 2.41. The number of aliphatic hydroxyl groups is 1. The molecule has 1 fully saturated rings. The SMILES string of the molecule is CCCC(CCC)C1(CO)CC1. The summed E-state index contributed by atoms with van der Waals surface area (Å²) in [5.41, 5.74) is 0.367. The highest BCUT2D eigenvalue weighted by Gasteiger charge is 2.47. The zero-order chi connectivity index (χ0) is 9.03. The maximum Gasteiger partial charge on any atom is 0.0490 e. The molecule has 0 aliphatic heterocycles. The molecule has 1 nitrogen and oxygen atoms in total. The van der Waals surface area contributed by atoms with Gasteiger partial charge in [-0.1, -0.05) is 39.5 Å². The topological polar surface area (TPSA) is 20.2 Å². The minimum Gasteiger partial charge on any atom is -0.396 e. The van der Waals surface area contributed by atoms with Gasteiger partial charge in [-0.05, 0) is 24.2 Å². The standard InChI is InChI=1S/C11H22O/c1-3-5-10(6-4-2)11(9-12)7-8-11/h10,12H,3-9H2,1-2H3. The lowest BCUT2D eigenvalue weighted by atomic mass is 9.83. The summed E-state index contributed by atoms with van der Waals surface area (Å²) in [6, 6.07) is 0. The highest BCUT2D eigenvalue weighted by molar-refractivity contribution is 4.97. The summed E-state index contributed by atoms with van der Waals surface area (Å²) < 4.78 is 0. The Morgan fingerprint density at radius 3 is 1.92 bits per heavy atom. The van der Waals surface area contributed by atoms with Gasteiger partial charge in [0.2, 0.25) is 0 Å². The summed E-state index contributed by atoms with van der Waals surface area (Å²) in [4.78, 5) is 0. The predicted molar refractivity (Wildman–Crippen MR) is 52.1 cm³/mol. The number of aliphatic hydroxyl groups excluding tert-OH is 1. The summed E-state index contributed by atoms with van der Waals surface area (Å²) in [7, 11) is 0. The maximum atomic E-state index is 9.28. The van der Waals surface area contributed by atoms with E-state index < -0.39 is 0 Å². The molecule has 0 atom stereocenters. The van der Waals surface area contributed by atoms with Crippen molar-refractivity contribution in [1.29, 1.82) is 0 Å². The van der Waals surface area contributed by atoms with Crippen LogP contribution in [-0.4, -0.2) is 11.7 Å². The first-order chi connectivity index (χ1) is 5.79. The van der Waals surface area contributed by atoms with Crippen molar-refractivity contribution < 1.29 is 5.11 Å². The van der Waals surface area contributed by atoms with Crippen molar-refractivity contribution in [3.8, 4) is 0 Å². The van der Waals surface area contributed by atoms with Crippen molar-refractivity contribution in [1.82, 2.24) is 0 Å². The van der Waals surface area contributed by atoms with E-state index in [0.29, 0.717) is 12.0 Å². The lowest BCUT2D eigenvalue weighted by Gasteiger charge is -2.24. The molecule has 0 spiro atoms. The average Bonchev–Trinajstić information content (AvgIpc) is 2.85. The summed E-state index contributed by atoms with van der Waals surface area (Å²) in [6.45, 7) is 4.92. The minimum absolute atomic E-state index is 0.367. The Morgan fingerprint density at radius 2 is 1.67 bits per heavy atom. The molecule has 0 unspecified atom stereocenters. The van der Waals surface area contributed by atoms with Crippen LogP contribution >= 0.6 is 0 Å². The highest BCUT2D eigenvalue weighted by atomic mass is 16.3. The first-order valence-electron chi connectivity index (χ1n) is 5.40. The van der Waals surface area contributed by atoms with Crippen molar-refractivity contribution in [2.24, 2.45) is 11.3 Å². The Morgan fingerprint density at radius 1 is 1.17 bits per heavy atom. The van der Waals surface area contributed by atoms with Crippen LogP contribution in [0.4, 0.5) is 0 Å². The van der Waals surface area contributed by atoms with E-state index in [2.05, 4.69) is 13.8 Å². The third-order valence-electron chi connectivity index (χ3n) is 3.35. The van der Waals surface area contributed by atoms with Crippen LogP contribution in [0.5, 0.6) is 0 Å². The lowest BCUT2D eigenvalue weighted by Crippen LogP contribution is -2.19. The highest BCUT2D eigenvalue weighted by Crippen LogP contribution is 2.54. The van der Waals surface area contributed by atoms with Gasteiger partial charge in [0.05, 0.1) is 0 Å². The smallest absolute Gasteiger partial charge is 0.0490 e. The van der Waals surface area contributed by atoms with E-state index >= 15 is 0 Å². The number of hydrogen-bond donors (Lipinski definition) is 1. The molecule has 0 aromatic rings.